The van der Waals surface area contributed by atoms with Crippen LogP contribution in [0.2, 0.25) is 0 Å². The van der Waals surface area contributed by atoms with Gasteiger partial charge in [0, 0.05) is 13.1 Å². The third-order valence-electron chi connectivity index (χ3n) is 3.32. The second kappa shape index (κ2) is 3.42. The number of nitrogens with zero attached hydrogens (tertiary/aromatic N) is 2. The monoisotopic (exact) mass is 280 g/mol. The first kappa shape index (κ1) is 9.21. The number of rotatable bonds is 1. The van der Waals surface area contributed by atoms with Crippen LogP contribution in [0, 0.1) is 5.41 Å². The molecule has 0 radical (unpaired) electrons. The molecule has 2 aliphatic rings. The van der Waals surface area contributed by atoms with E-state index in [1.165, 1.54) is 43.6 Å². The summed E-state index contributed by atoms with van der Waals surface area (Å²) < 4.78 is 1.21. The molecular formula is C9H17IN2. The lowest BCUT2D eigenvalue weighted by atomic mass is 9.86. The second-order valence-electron chi connectivity index (χ2n) is 4.41. The zero-order chi connectivity index (χ0) is 8.60. The number of hydrogen-bond donors (Lipinski definition) is 0. The first-order valence-corrected chi connectivity index (χ1v) is 6.24. The van der Waals surface area contributed by atoms with Gasteiger partial charge in [0.25, 0.3) is 0 Å². The van der Waals surface area contributed by atoms with E-state index < -0.39 is 0 Å². The van der Waals surface area contributed by atoms with Crippen LogP contribution in [0.4, 0.5) is 0 Å². The molecule has 70 valence electrons. The lowest BCUT2D eigenvalue weighted by Gasteiger charge is -2.22. The smallest absolute Gasteiger partial charge is 0.0505 e. The molecule has 2 aliphatic heterocycles. The fraction of sp³-hybridized carbons (Fsp3) is 1.00. The first-order chi connectivity index (χ1) is 5.74. The molecule has 2 saturated heterocycles. The second-order valence-corrected chi connectivity index (χ2v) is 5.09. The van der Waals surface area contributed by atoms with Crippen LogP contribution in [-0.2, 0) is 0 Å². The lowest BCUT2D eigenvalue weighted by molar-refractivity contribution is 0.275. The average molecular weight is 280 g/mol. The van der Waals surface area contributed by atoms with Gasteiger partial charge in [-0.05, 0) is 38.4 Å². The molecular weight excluding hydrogens is 263 g/mol. The van der Waals surface area contributed by atoms with Crippen molar-refractivity contribution in [1.82, 2.24) is 9.80 Å². The van der Waals surface area contributed by atoms with Crippen molar-refractivity contribution >= 4 is 22.6 Å². The van der Waals surface area contributed by atoms with Crippen molar-refractivity contribution in [3.63, 3.8) is 0 Å². The molecule has 0 aromatic carbocycles. The van der Waals surface area contributed by atoms with Gasteiger partial charge < -0.3 is 4.90 Å². The summed E-state index contributed by atoms with van der Waals surface area (Å²) in [6.07, 6.45) is 2.86. The molecule has 0 aliphatic carbocycles. The zero-order valence-corrected chi connectivity index (χ0v) is 9.88. The highest BCUT2D eigenvalue weighted by Crippen LogP contribution is 2.38. The van der Waals surface area contributed by atoms with Crippen molar-refractivity contribution in [3.05, 3.63) is 0 Å². The van der Waals surface area contributed by atoms with Crippen molar-refractivity contribution in [2.45, 2.75) is 12.8 Å². The molecule has 2 nitrogen and oxygen atoms in total. The number of alkyl halides is 1. The molecule has 12 heavy (non-hydrogen) atoms. The minimum atomic E-state index is 0.680. The van der Waals surface area contributed by atoms with Crippen LogP contribution in [0.5, 0.6) is 0 Å². The third kappa shape index (κ3) is 1.63. The maximum Gasteiger partial charge on any atom is 0.0505 e. The molecule has 2 heterocycles. The van der Waals surface area contributed by atoms with Crippen molar-refractivity contribution in [2.75, 3.05) is 37.8 Å². The molecule has 0 N–H and O–H groups in total. The van der Waals surface area contributed by atoms with Gasteiger partial charge in [-0.2, -0.15) is 0 Å². The summed E-state index contributed by atoms with van der Waals surface area (Å²) in [5.74, 6) is 0. The fourth-order valence-electron chi connectivity index (χ4n) is 2.62. The van der Waals surface area contributed by atoms with Gasteiger partial charge in [-0.3, -0.25) is 4.90 Å². The Morgan fingerprint density at radius 1 is 1.25 bits per heavy atom. The predicted octanol–water partition coefficient (Wildman–Crippen LogP) is 1.41. The minimum absolute atomic E-state index is 0.680. The molecule has 0 bridgehead atoms. The Kier molecular flexibility index (Phi) is 2.63. The van der Waals surface area contributed by atoms with Crippen molar-refractivity contribution in [3.8, 4) is 0 Å². The highest BCUT2D eigenvalue weighted by atomic mass is 127. The summed E-state index contributed by atoms with van der Waals surface area (Å²) >= 11 is 2.48. The van der Waals surface area contributed by atoms with E-state index in [9.17, 15) is 0 Å². The Morgan fingerprint density at radius 2 is 2.00 bits per heavy atom. The van der Waals surface area contributed by atoms with Gasteiger partial charge in [0.1, 0.15) is 0 Å². The molecule has 1 unspecified atom stereocenters. The summed E-state index contributed by atoms with van der Waals surface area (Å²) in [7, 11) is 2.25. The van der Waals surface area contributed by atoms with Gasteiger partial charge in [0.15, 0.2) is 0 Å². The average Bonchev–Trinajstić information content (AvgIpc) is 2.61. The summed E-state index contributed by atoms with van der Waals surface area (Å²) in [6.45, 7) is 5.33. The Hall–Kier alpha value is 0.650. The molecule has 1 atom stereocenters. The molecule has 3 heteroatoms. The SMILES string of the molecule is CN1CCC2(CCN(CI)C2)C1. The van der Waals surface area contributed by atoms with Gasteiger partial charge >= 0.3 is 0 Å². The van der Waals surface area contributed by atoms with E-state index in [0.717, 1.165) is 0 Å². The normalized spacial score (nSPS) is 38.5. The van der Waals surface area contributed by atoms with E-state index in [0.29, 0.717) is 5.41 Å². The van der Waals surface area contributed by atoms with Crippen LogP contribution in [0.15, 0.2) is 0 Å². The molecule has 0 amide bonds. The summed E-state index contributed by atoms with van der Waals surface area (Å²) in [4.78, 5) is 5.07. The van der Waals surface area contributed by atoms with Crippen LogP contribution in [-0.4, -0.2) is 47.6 Å². The van der Waals surface area contributed by atoms with E-state index in [2.05, 4.69) is 39.4 Å². The predicted molar refractivity (Wildman–Crippen MR) is 59.6 cm³/mol. The van der Waals surface area contributed by atoms with Crippen LogP contribution < -0.4 is 0 Å². The zero-order valence-electron chi connectivity index (χ0n) is 7.72. The number of likely N-dealkylation sites (tertiary alicyclic amines) is 2. The van der Waals surface area contributed by atoms with Crippen LogP contribution in [0.1, 0.15) is 12.8 Å². The van der Waals surface area contributed by atoms with Gasteiger partial charge in [0.05, 0.1) is 4.55 Å². The maximum atomic E-state index is 2.58. The number of halogens is 1. The minimum Gasteiger partial charge on any atom is -0.306 e. The third-order valence-corrected chi connectivity index (χ3v) is 4.28. The standard InChI is InChI=1S/C9H17IN2/c1-11-4-2-9(6-11)3-5-12(7-9)8-10/h2-8H2,1H3. The van der Waals surface area contributed by atoms with Gasteiger partial charge in [-0.1, -0.05) is 22.6 Å². The van der Waals surface area contributed by atoms with Crippen LogP contribution >= 0.6 is 22.6 Å². The van der Waals surface area contributed by atoms with Gasteiger partial charge in [-0.25, -0.2) is 0 Å². The van der Waals surface area contributed by atoms with Crippen molar-refractivity contribution < 1.29 is 0 Å². The number of hydrogen-bond acceptors (Lipinski definition) is 2. The van der Waals surface area contributed by atoms with E-state index in [4.69, 9.17) is 0 Å². The Labute approximate surface area is 88.4 Å². The van der Waals surface area contributed by atoms with E-state index in [-0.39, 0.29) is 0 Å². The summed E-state index contributed by atoms with van der Waals surface area (Å²) in [6, 6.07) is 0. The van der Waals surface area contributed by atoms with E-state index in [1.54, 1.807) is 0 Å². The highest BCUT2D eigenvalue weighted by molar-refractivity contribution is 14.1. The molecule has 0 aromatic rings. The largest absolute Gasteiger partial charge is 0.306 e. The first-order valence-electron chi connectivity index (χ1n) is 4.71. The Morgan fingerprint density at radius 3 is 2.50 bits per heavy atom. The Bertz CT molecular complexity index is 174. The molecule has 0 saturated carbocycles. The highest BCUT2D eigenvalue weighted by Gasteiger charge is 2.41. The van der Waals surface area contributed by atoms with Crippen LogP contribution in [0.25, 0.3) is 0 Å². The molecule has 0 aromatic heterocycles. The Balaban J connectivity index is 1.97. The maximum absolute atomic E-state index is 2.58. The summed E-state index contributed by atoms with van der Waals surface area (Å²) in [5, 5.41) is 0. The van der Waals surface area contributed by atoms with Crippen molar-refractivity contribution in [2.24, 2.45) is 5.41 Å². The molecule has 1 spiro atoms. The molecule has 2 fully saturated rings. The quantitative estimate of drug-likeness (QED) is 0.407. The van der Waals surface area contributed by atoms with Crippen LogP contribution in [0.3, 0.4) is 0 Å². The topological polar surface area (TPSA) is 6.48 Å². The van der Waals surface area contributed by atoms with E-state index >= 15 is 0 Å². The van der Waals surface area contributed by atoms with Gasteiger partial charge in [-0.15, -0.1) is 0 Å². The lowest BCUT2D eigenvalue weighted by Crippen LogP contribution is -2.29. The van der Waals surface area contributed by atoms with Crippen molar-refractivity contribution in [1.29, 1.82) is 0 Å². The van der Waals surface area contributed by atoms with Gasteiger partial charge in [0.2, 0.25) is 0 Å². The summed E-state index contributed by atoms with van der Waals surface area (Å²) in [5.41, 5.74) is 0.680. The fourth-order valence-corrected chi connectivity index (χ4v) is 3.20. The molecule has 2 rings (SSSR count). The van der Waals surface area contributed by atoms with E-state index in [1.807, 2.05) is 0 Å².